The predicted molar refractivity (Wildman–Crippen MR) is 115 cm³/mol. The average Bonchev–Trinajstić information content (AvgIpc) is 2.66. The number of ketones is 1. The van der Waals surface area contributed by atoms with Gasteiger partial charge in [0.15, 0.2) is 5.78 Å². The van der Waals surface area contributed by atoms with Crippen LogP contribution in [0.25, 0.3) is 0 Å². The third kappa shape index (κ3) is 9.41. The van der Waals surface area contributed by atoms with Crippen LogP contribution in [-0.4, -0.2) is 51.8 Å². The Bertz CT molecular complexity index is 916. The van der Waals surface area contributed by atoms with E-state index in [2.05, 4.69) is 10.3 Å². The highest BCUT2D eigenvalue weighted by molar-refractivity contribution is 6.36. The second kappa shape index (κ2) is 12.7. The standard InChI is InChI=1S/C19H22Cl2N4O7/c20-11-2-1-3-12(21)10(11)7-16(28)25-19(23)24-15(27)5-4-9(18(31)32)6-14(26)13(22)8-17(29)30/h1-3,9,13H,4-8,22H2,(H,29,30)(H,31,32)(H3,23,24,25,27,28)/t9-,13-/m1/s1. The Labute approximate surface area is 192 Å². The zero-order valence-corrected chi connectivity index (χ0v) is 18.2. The highest BCUT2D eigenvalue weighted by Gasteiger charge is 2.26. The number of aliphatic carboxylic acids is 2. The number of benzene rings is 1. The lowest BCUT2D eigenvalue weighted by Gasteiger charge is -2.13. The van der Waals surface area contributed by atoms with Gasteiger partial charge in [-0.25, -0.2) is 0 Å². The van der Waals surface area contributed by atoms with Crippen molar-refractivity contribution in [1.29, 1.82) is 0 Å². The molecule has 2 amide bonds. The SMILES string of the molecule is NC(=NC(=O)CC[C@H](CC(=O)[C@H](N)CC(=O)O)C(=O)O)NC(=O)Cc1c(Cl)cccc1Cl. The lowest BCUT2D eigenvalue weighted by Crippen LogP contribution is -2.38. The number of carbonyl (C=O) groups excluding carboxylic acids is 3. The van der Waals surface area contributed by atoms with E-state index in [1.165, 1.54) is 0 Å². The van der Waals surface area contributed by atoms with Crippen LogP contribution in [0.2, 0.25) is 10.0 Å². The van der Waals surface area contributed by atoms with Gasteiger partial charge in [-0.3, -0.25) is 29.3 Å². The Morgan fingerprint density at radius 1 is 1.06 bits per heavy atom. The Morgan fingerprint density at radius 2 is 1.66 bits per heavy atom. The Hall–Kier alpha value is -3.02. The predicted octanol–water partition coefficient (Wildman–Crippen LogP) is 0.736. The minimum Gasteiger partial charge on any atom is -0.481 e. The summed E-state index contributed by atoms with van der Waals surface area (Å²) in [6.45, 7) is 0. The number of guanidine groups is 1. The van der Waals surface area contributed by atoms with E-state index in [1.54, 1.807) is 18.2 Å². The molecule has 7 N–H and O–H groups in total. The van der Waals surface area contributed by atoms with Crippen molar-refractivity contribution >= 4 is 58.7 Å². The zero-order chi connectivity index (χ0) is 24.4. The van der Waals surface area contributed by atoms with Crippen molar-refractivity contribution < 1.29 is 34.2 Å². The molecule has 0 spiro atoms. The Kier molecular flexibility index (Phi) is 10.8. The minimum atomic E-state index is -1.35. The summed E-state index contributed by atoms with van der Waals surface area (Å²) in [4.78, 5) is 61.3. The first-order valence-corrected chi connectivity index (χ1v) is 9.98. The topological polar surface area (TPSA) is 202 Å². The maximum absolute atomic E-state index is 12.1. The molecule has 0 aromatic heterocycles. The monoisotopic (exact) mass is 488 g/mol. The third-order valence-electron chi connectivity index (χ3n) is 4.22. The van der Waals surface area contributed by atoms with Crippen LogP contribution in [0.5, 0.6) is 0 Å². The van der Waals surface area contributed by atoms with Gasteiger partial charge in [-0.15, -0.1) is 0 Å². The molecular formula is C19H22Cl2N4O7. The van der Waals surface area contributed by atoms with Crippen LogP contribution in [0.1, 0.15) is 31.2 Å². The van der Waals surface area contributed by atoms with Gasteiger partial charge >= 0.3 is 11.9 Å². The van der Waals surface area contributed by atoms with Gasteiger partial charge in [0, 0.05) is 22.9 Å². The zero-order valence-electron chi connectivity index (χ0n) is 16.7. The van der Waals surface area contributed by atoms with E-state index in [0.29, 0.717) is 5.56 Å². The maximum Gasteiger partial charge on any atom is 0.306 e. The number of rotatable bonds is 11. The molecule has 0 unspecified atom stereocenters. The van der Waals surface area contributed by atoms with Crippen molar-refractivity contribution in [2.75, 3.05) is 0 Å². The minimum absolute atomic E-state index is 0.220. The van der Waals surface area contributed by atoms with Crippen molar-refractivity contribution in [2.24, 2.45) is 22.4 Å². The van der Waals surface area contributed by atoms with Crippen LogP contribution in [0.4, 0.5) is 0 Å². The van der Waals surface area contributed by atoms with E-state index in [9.17, 15) is 29.1 Å². The number of Topliss-reactive ketones (excluding diaryl/α,β-unsaturated/α-hetero) is 1. The number of halogens is 2. The van der Waals surface area contributed by atoms with Gasteiger partial charge in [0.2, 0.25) is 17.8 Å². The van der Waals surface area contributed by atoms with E-state index < -0.39 is 60.3 Å². The number of carbonyl (C=O) groups is 5. The second-order valence-electron chi connectivity index (χ2n) is 6.76. The summed E-state index contributed by atoms with van der Waals surface area (Å²) >= 11 is 12.0. The molecule has 0 aliphatic rings. The third-order valence-corrected chi connectivity index (χ3v) is 4.93. The molecule has 0 fully saturated rings. The molecule has 2 atom stereocenters. The first-order valence-electron chi connectivity index (χ1n) is 9.23. The number of nitrogens with zero attached hydrogens (tertiary/aromatic N) is 1. The molecule has 0 saturated heterocycles. The van der Waals surface area contributed by atoms with Crippen molar-refractivity contribution in [2.45, 2.75) is 38.1 Å². The summed E-state index contributed by atoms with van der Waals surface area (Å²) < 4.78 is 0. The fourth-order valence-electron chi connectivity index (χ4n) is 2.57. The lowest BCUT2D eigenvalue weighted by atomic mass is 9.93. The van der Waals surface area contributed by atoms with Gasteiger partial charge < -0.3 is 21.7 Å². The van der Waals surface area contributed by atoms with Gasteiger partial charge in [0.1, 0.15) is 0 Å². The van der Waals surface area contributed by atoms with Crippen LogP contribution >= 0.6 is 23.2 Å². The van der Waals surface area contributed by atoms with E-state index >= 15 is 0 Å². The molecule has 0 heterocycles. The van der Waals surface area contributed by atoms with Crippen molar-refractivity contribution in [3.8, 4) is 0 Å². The molecule has 174 valence electrons. The molecule has 11 nitrogen and oxygen atoms in total. The first kappa shape index (κ1) is 27.0. The number of carboxylic acids is 2. The lowest BCUT2D eigenvalue weighted by molar-refractivity contribution is -0.144. The number of hydrogen-bond acceptors (Lipinski definition) is 6. The van der Waals surface area contributed by atoms with Gasteiger partial charge in [-0.2, -0.15) is 4.99 Å². The van der Waals surface area contributed by atoms with Crippen LogP contribution in [0, 0.1) is 5.92 Å². The number of carboxylic acid groups (broad SMARTS) is 2. The molecule has 13 heteroatoms. The molecule has 0 radical (unpaired) electrons. The number of nitrogens with one attached hydrogen (secondary N) is 1. The van der Waals surface area contributed by atoms with Crippen molar-refractivity contribution in [3.05, 3.63) is 33.8 Å². The fraction of sp³-hybridized carbons (Fsp3) is 0.368. The van der Waals surface area contributed by atoms with Gasteiger partial charge in [0.25, 0.3) is 0 Å². The Balaban J connectivity index is 2.62. The summed E-state index contributed by atoms with van der Waals surface area (Å²) in [7, 11) is 0. The van der Waals surface area contributed by atoms with E-state index in [-0.39, 0.29) is 29.3 Å². The summed E-state index contributed by atoms with van der Waals surface area (Å²) in [6, 6.07) is 3.36. The fourth-order valence-corrected chi connectivity index (χ4v) is 3.10. The number of aliphatic imine (C=N–C) groups is 1. The van der Waals surface area contributed by atoms with Crippen LogP contribution in [-0.2, 0) is 30.4 Å². The molecule has 0 bridgehead atoms. The van der Waals surface area contributed by atoms with Gasteiger partial charge in [0.05, 0.1) is 24.8 Å². The van der Waals surface area contributed by atoms with E-state index in [1.807, 2.05) is 0 Å². The summed E-state index contributed by atoms with van der Waals surface area (Å²) in [5.74, 6) is -6.62. The Morgan fingerprint density at radius 3 is 2.19 bits per heavy atom. The molecule has 1 aromatic carbocycles. The normalized spacial score (nSPS) is 13.2. The summed E-state index contributed by atoms with van der Waals surface area (Å²) in [5, 5.41) is 20.6. The average molecular weight is 489 g/mol. The van der Waals surface area contributed by atoms with Gasteiger partial charge in [-0.05, 0) is 24.1 Å². The molecular weight excluding hydrogens is 467 g/mol. The van der Waals surface area contributed by atoms with Crippen LogP contribution in [0.3, 0.4) is 0 Å². The molecule has 0 saturated carbocycles. The van der Waals surface area contributed by atoms with Gasteiger partial charge in [-0.1, -0.05) is 29.3 Å². The highest BCUT2D eigenvalue weighted by atomic mass is 35.5. The second-order valence-corrected chi connectivity index (χ2v) is 7.58. The van der Waals surface area contributed by atoms with Crippen LogP contribution in [0.15, 0.2) is 23.2 Å². The number of nitrogens with two attached hydrogens (primary N) is 2. The largest absolute Gasteiger partial charge is 0.481 e. The molecule has 0 aliphatic carbocycles. The van der Waals surface area contributed by atoms with E-state index in [0.717, 1.165) is 0 Å². The molecule has 32 heavy (non-hydrogen) atoms. The maximum atomic E-state index is 12.1. The number of amides is 2. The smallest absolute Gasteiger partial charge is 0.306 e. The number of hydrogen-bond donors (Lipinski definition) is 5. The van der Waals surface area contributed by atoms with Crippen LogP contribution < -0.4 is 16.8 Å². The molecule has 1 rings (SSSR count). The quantitative estimate of drug-likeness (QED) is 0.219. The summed E-state index contributed by atoms with van der Waals surface area (Å²) in [6.07, 6.45) is -2.04. The molecule has 1 aromatic rings. The van der Waals surface area contributed by atoms with Crippen molar-refractivity contribution in [1.82, 2.24) is 5.32 Å². The molecule has 0 aliphatic heterocycles. The summed E-state index contributed by atoms with van der Waals surface area (Å²) in [5.41, 5.74) is 11.3. The first-order chi connectivity index (χ1) is 14.9. The highest BCUT2D eigenvalue weighted by Crippen LogP contribution is 2.24. The van der Waals surface area contributed by atoms with E-state index in [4.69, 9.17) is 39.8 Å². The van der Waals surface area contributed by atoms with Crippen molar-refractivity contribution in [3.63, 3.8) is 0 Å².